The van der Waals surface area contributed by atoms with Crippen LogP contribution in [0.2, 0.25) is 0 Å². The molecule has 1 N–H and O–H groups in total. The van der Waals surface area contributed by atoms with E-state index in [4.69, 9.17) is 4.74 Å². The molecule has 1 aliphatic rings. The van der Waals surface area contributed by atoms with E-state index >= 15 is 0 Å². The van der Waals surface area contributed by atoms with Crippen molar-refractivity contribution >= 4 is 16.0 Å². The van der Waals surface area contributed by atoms with E-state index in [-0.39, 0.29) is 22.6 Å². The number of hydrogen-bond donors (Lipinski definition) is 1. The third kappa shape index (κ3) is 4.27. The van der Waals surface area contributed by atoms with Crippen molar-refractivity contribution in [2.45, 2.75) is 29.9 Å². The topological polar surface area (TPSA) is 94.6 Å². The predicted molar refractivity (Wildman–Crippen MR) is 94.1 cm³/mol. The molecule has 3 rings (SSSR count). The summed E-state index contributed by atoms with van der Waals surface area (Å²) in [4.78, 5) is 15.7. The zero-order valence-electron chi connectivity index (χ0n) is 14.3. The van der Waals surface area contributed by atoms with Crippen molar-refractivity contribution in [1.29, 1.82) is 0 Å². The molecule has 7 nitrogen and oxygen atoms in total. The van der Waals surface area contributed by atoms with Gasteiger partial charge in [-0.3, -0.25) is 4.98 Å². The summed E-state index contributed by atoms with van der Waals surface area (Å²) in [5, 5.41) is 0. The number of carbonyl (C=O) groups excluding carboxylic acids is 1. The van der Waals surface area contributed by atoms with E-state index in [9.17, 15) is 13.2 Å². The molecule has 1 aliphatic heterocycles. The van der Waals surface area contributed by atoms with Crippen molar-refractivity contribution in [3.05, 3.63) is 59.9 Å². The lowest BCUT2D eigenvalue weighted by atomic mass is 9.99. The fraction of sp³-hybridized carbons (Fsp3) is 0.333. The van der Waals surface area contributed by atoms with Crippen LogP contribution in [0.4, 0.5) is 0 Å². The van der Waals surface area contributed by atoms with Gasteiger partial charge in [-0.15, -0.1) is 0 Å². The summed E-state index contributed by atoms with van der Waals surface area (Å²) in [5.74, 6) is -0.579. The van der Waals surface area contributed by atoms with Crippen LogP contribution in [0.15, 0.2) is 53.7 Å². The van der Waals surface area contributed by atoms with Gasteiger partial charge in [-0.1, -0.05) is 12.1 Å². The Labute approximate surface area is 152 Å². The summed E-state index contributed by atoms with van der Waals surface area (Å²) >= 11 is 0. The van der Waals surface area contributed by atoms with Crippen LogP contribution in [0.25, 0.3) is 0 Å². The van der Waals surface area contributed by atoms with E-state index < -0.39 is 16.0 Å². The summed E-state index contributed by atoms with van der Waals surface area (Å²) < 4.78 is 38.5. The number of rotatable bonds is 5. The first-order chi connectivity index (χ1) is 12.5. The molecule has 26 heavy (non-hydrogen) atoms. The second-order valence-corrected chi connectivity index (χ2v) is 7.72. The highest BCUT2D eigenvalue weighted by atomic mass is 32.2. The van der Waals surface area contributed by atoms with Crippen LogP contribution in [0, 0.1) is 0 Å². The Balaban J connectivity index is 1.74. The second-order valence-electron chi connectivity index (χ2n) is 6.01. The Kier molecular flexibility index (Phi) is 5.65. The number of ether oxygens (including phenoxy) is 2. The zero-order valence-corrected chi connectivity index (χ0v) is 15.1. The number of benzene rings is 1. The van der Waals surface area contributed by atoms with E-state index in [1.807, 2.05) is 12.1 Å². The molecule has 1 fully saturated rings. The Morgan fingerprint density at radius 2 is 2.15 bits per heavy atom. The molecule has 0 amide bonds. The van der Waals surface area contributed by atoms with Gasteiger partial charge in [0.2, 0.25) is 10.0 Å². The summed E-state index contributed by atoms with van der Waals surface area (Å²) in [6.45, 7) is 0.453. The van der Waals surface area contributed by atoms with E-state index in [1.165, 1.54) is 31.4 Å². The molecule has 0 radical (unpaired) electrons. The fourth-order valence-electron chi connectivity index (χ4n) is 2.90. The van der Waals surface area contributed by atoms with Gasteiger partial charge in [-0.25, -0.2) is 17.9 Å². The normalized spacial score (nSPS) is 20.5. The summed E-state index contributed by atoms with van der Waals surface area (Å²) in [6, 6.07) is 9.26. The Morgan fingerprint density at radius 3 is 2.88 bits per heavy atom. The SMILES string of the molecule is COC(=O)c1cccc(S(=O)(=O)NC2CCOC(c3cccnc3)C2)c1. The number of esters is 1. The van der Waals surface area contributed by atoms with Crippen LogP contribution in [0.3, 0.4) is 0 Å². The molecule has 1 aromatic heterocycles. The number of carbonyl (C=O) groups is 1. The van der Waals surface area contributed by atoms with E-state index in [1.54, 1.807) is 12.4 Å². The van der Waals surface area contributed by atoms with Gasteiger partial charge < -0.3 is 9.47 Å². The van der Waals surface area contributed by atoms with E-state index in [0.717, 1.165) is 5.56 Å². The first-order valence-electron chi connectivity index (χ1n) is 8.22. The van der Waals surface area contributed by atoms with Crippen LogP contribution in [-0.2, 0) is 19.5 Å². The van der Waals surface area contributed by atoms with Gasteiger partial charge in [-0.05, 0) is 42.7 Å². The van der Waals surface area contributed by atoms with Gasteiger partial charge in [0.1, 0.15) is 0 Å². The smallest absolute Gasteiger partial charge is 0.337 e. The molecular formula is C18H20N2O5S. The maximum atomic E-state index is 12.7. The molecule has 2 atom stereocenters. The molecule has 0 aliphatic carbocycles. The first kappa shape index (κ1) is 18.5. The van der Waals surface area contributed by atoms with Crippen molar-refractivity contribution in [3.63, 3.8) is 0 Å². The highest BCUT2D eigenvalue weighted by molar-refractivity contribution is 7.89. The third-order valence-electron chi connectivity index (χ3n) is 4.23. The maximum Gasteiger partial charge on any atom is 0.337 e. The number of methoxy groups -OCH3 is 1. The van der Waals surface area contributed by atoms with Crippen LogP contribution in [0.5, 0.6) is 0 Å². The number of nitrogens with zero attached hydrogens (tertiary/aromatic N) is 1. The van der Waals surface area contributed by atoms with E-state index in [0.29, 0.717) is 19.4 Å². The summed E-state index contributed by atoms with van der Waals surface area (Å²) in [7, 11) is -2.51. The average molecular weight is 376 g/mol. The highest BCUT2D eigenvalue weighted by Gasteiger charge is 2.28. The molecule has 2 aromatic rings. The summed E-state index contributed by atoms with van der Waals surface area (Å²) in [6.07, 6.45) is 4.29. The highest BCUT2D eigenvalue weighted by Crippen LogP contribution is 2.28. The Morgan fingerprint density at radius 1 is 1.31 bits per heavy atom. The lowest BCUT2D eigenvalue weighted by Crippen LogP contribution is -2.39. The molecule has 0 saturated carbocycles. The monoisotopic (exact) mass is 376 g/mol. The van der Waals surface area contributed by atoms with Gasteiger partial charge in [0.15, 0.2) is 0 Å². The predicted octanol–water partition coefficient (Wildman–Crippen LogP) is 2.07. The van der Waals surface area contributed by atoms with Gasteiger partial charge in [0.05, 0.1) is 23.7 Å². The standard InChI is InChI=1S/C18H20N2O5S/c1-24-18(21)13-4-2-6-16(10-13)26(22,23)20-15-7-9-25-17(11-15)14-5-3-8-19-12-14/h2-6,8,10,12,15,17,20H,7,9,11H2,1H3. The van der Waals surface area contributed by atoms with Crippen LogP contribution in [-0.4, -0.2) is 39.1 Å². The molecule has 0 bridgehead atoms. The van der Waals surface area contributed by atoms with E-state index in [2.05, 4.69) is 14.4 Å². The molecule has 1 aromatic carbocycles. The summed E-state index contributed by atoms with van der Waals surface area (Å²) in [5.41, 5.74) is 1.11. The Bertz CT molecular complexity index is 870. The largest absolute Gasteiger partial charge is 0.465 e. The van der Waals surface area contributed by atoms with Crippen molar-refractivity contribution < 1.29 is 22.7 Å². The number of nitrogens with one attached hydrogen (secondary N) is 1. The number of pyridine rings is 1. The van der Waals surface area contributed by atoms with Crippen molar-refractivity contribution in [1.82, 2.24) is 9.71 Å². The second kappa shape index (κ2) is 7.94. The number of hydrogen-bond acceptors (Lipinski definition) is 6. The lowest BCUT2D eigenvalue weighted by molar-refractivity contribution is 0.00386. The third-order valence-corrected chi connectivity index (χ3v) is 5.75. The number of sulfonamides is 1. The van der Waals surface area contributed by atoms with Gasteiger partial charge >= 0.3 is 5.97 Å². The zero-order chi connectivity index (χ0) is 18.6. The number of aromatic nitrogens is 1. The van der Waals surface area contributed by atoms with Crippen LogP contribution in [0.1, 0.15) is 34.9 Å². The minimum Gasteiger partial charge on any atom is -0.465 e. The van der Waals surface area contributed by atoms with Gasteiger partial charge in [-0.2, -0.15) is 0 Å². The first-order valence-corrected chi connectivity index (χ1v) is 9.70. The fourth-order valence-corrected chi connectivity index (χ4v) is 4.23. The lowest BCUT2D eigenvalue weighted by Gasteiger charge is -2.30. The average Bonchev–Trinajstić information content (AvgIpc) is 2.68. The van der Waals surface area contributed by atoms with Crippen molar-refractivity contribution in [3.8, 4) is 0 Å². The molecule has 8 heteroatoms. The van der Waals surface area contributed by atoms with Crippen molar-refractivity contribution in [2.75, 3.05) is 13.7 Å². The molecule has 138 valence electrons. The molecular weight excluding hydrogens is 356 g/mol. The minimum absolute atomic E-state index is 0.0322. The Hall–Kier alpha value is -2.29. The molecule has 2 unspecified atom stereocenters. The van der Waals surface area contributed by atoms with Gasteiger partial charge in [0, 0.05) is 25.0 Å². The molecule has 1 saturated heterocycles. The van der Waals surface area contributed by atoms with Crippen LogP contribution >= 0.6 is 0 Å². The minimum atomic E-state index is -3.76. The molecule has 2 heterocycles. The molecule has 0 spiro atoms. The maximum absolute atomic E-state index is 12.7. The van der Waals surface area contributed by atoms with Crippen molar-refractivity contribution in [2.24, 2.45) is 0 Å². The van der Waals surface area contributed by atoms with Gasteiger partial charge in [0.25, 0.3) is 0 Å². The quantitative estimate of drug-likeness (QED) is 0.803. The van der Waals surface area contributed by atoms with Crippen LogP contribution < -0.4 is 4.72 Å².